The minimum atomic E-state index is -0.196. The molecule has 5 rings (SSSR count). The first kappa shape index (κ1) is 21.9. The van der Waals surface area contributed by atoms with Crippen LogP contribution in [0.1, 0.15) is 19.4 Å². The van der Waals surface area contributed by atoms with Crippen molar-refractivity contribution in [2.75, 3.05) is 29.0 Å². The minimum Gasteiger partial charge on any atom is -0.383 e. The van der Waals surface area contributed by atoms with Gasteiger partial charge >= 0.3 is 0 Å². The first-order valence-electron chi connectivity index (χ1n) is 11.4. The van der Waals surface area contributed by atoms with Crippen molar-refractivity contribution >= 4 is 33.8 Å². The van der Waals surface area contributed by atoms with Crippen LogP contribution in [-0.4, -0.2) is 40.2 Å². The molecule has 8 nitrogen and oxygen atoms in total. The normalized spacial score (nSPS) is 18.3. The monoisotopic (exact) mass is 456 g/mol. The summed E-state index contributed by atoms with van der Waals surface area (Å²) >= 11 is 0. The molecule has 1 aromatic carbocycles. The number of anilines is 4. The molecule has 0 spiro atoms. The Hall–Kier alpha value is -3.91. The SMILES string of the molecule is Cc1cc(-c2cc3cc[nH]c(=O)c3c(Nc3ccc(N4C[C@@H](C)O[C@@H](C)C4)cc3)n2)cnc1N. The van der Waals surface area contributed by atoms with Crippen molar-refractivity contribution in [2.45, 2.75) is 33.0 Å². The molecule has 34 heavy (non-hydrogen) atoms. The minimum absolute atomic E-state index is 0.193. The number of nitrogens with one attached hydrogen (secondary N) is 2. The number of aromatic nitrogens is 3. The average molecular weight is 457 g/mol. The maximum absolute atomic E-state index is 12.7. The molecule has 4 N–H and O–H groups in total. The highest BCUT2D eigenvalue weighted by Crippen LogP contribution is 2.29. The molecule has 0 bridgehead atoms. The quantitative estimate of drug-likeness (QED) is 0.421. The summed E-state index contributed by atoms with van der Waals surface area (Å²) in [4.78, 5) is 26.8. The summed E-state index contributed by atoms with van der Waals surface area (Å²) in [7, 11) is 0. The zero-order valence-corrected chi connectivity index (χ0v) is 19.5. The van der Waals surface area contributed by atoms with E-state index >= 15 is 0 Å². The van der Waals surface area contributed by atoms with Gasteiger partial charge in [0.15, 0.2) is 0 Å². The van der Waals surface area contributed by atoms with Crippen molar-refractivity contribution in [3.8, 4) is 11.3 Å². The van der Waals surface area contributed by atoms with Crippen LogP contribution in [0.25, 0.3) is 22.0 Å². The van der Waals surface area contributed by atoms with Crippen LogP contribution in [0.4, 0.5) is 23.0 Å². The number of rotatable bonds is 4. The standard InChI is InChI=1S/C26H28N6O2/c1-15-10-19(12-29-24(15)27)22-11-18-8-9-28-26(33)23(18)25(31-22)30-20-4-6-21(7-5-20)32-13-16(2)34-17(3)14-32/h4-12,16-17H,13-14H2,1-3H3,(H2,27,29)(H,28,33)(H,30,31)/t16-,17+. The van der Waals surface area contributed by atoms with Crippen LogP contribution in [0.5, 0.6) is 0 Å². The Bertz CT molecular complexity index is 1390. The molecule has 3 aromatic heterocycles. The molecule has 0 radical (unpaired) electrons. The summed E-state index contributed by atoms with van der Waals surface area (Å²) in [5.41, 5.74) is 10.1. The largest absolute Gasteiger partial charge is 0.383 e. The lowest BCUT2D eigenvalue weighted by Gasteiger charge is -2.36. The fraction of sp³-hybridized carbons (Fsp3) is 0.269. The highest BCUT2D eigenvalue weighted by molar-refractivity contribution is 5.95. The molecule has 1 aliphatic heterocycles. The van der Waals surface area contributed by atoms with E-state index in [4.69, 9.17) is 15.5 Å². The summed E-state index contributed by atoms with van der Waals surface area (Å²) in [5, 5.41) is 4.65. The molecule has 8 heteroatoms. The Kier molecular flexibility index (Phi) is 5.67. The highest BCUT2D eigenvalue weighted by Gasteiger charge is 2.22. The van der Waals surface area contributed by atoms with Crippen LogP contribution in [0.3, 0.4) is 0 Å². The number of aromatic amines is 1. The van der Waals surface area contributed by atoms with Crippen molar-refractivity contribution < 1.29 is 4.74 Å². The molecule has 1 saturated heterocycles. The van der Waals surface area contributed by atoms with Crippen LogP contribution < -0.4 is 21.5 Å². The van der Waals surface area contributed by atoms with Crippen LogP contribution in [0.2, 0.25) is 0 Å². The summed E-state index contributed by atoms with van der Waals surface area (Å²) in [6, 6.07) is 13.9. The number of H-pyrrole nitrogens is 1. The van der Waals surface area contributed by atoms with Gasteiger partial charge in [0.1, 0.15) is 11.6 Å². The van der Waals surface area contributed by atoms with E-state index in [9.17, 15) is 4.79 Å². The number of nitrogen functional groups attached to an aromatic ring is 1. The summed E-state index contributed by atoms with van der Waals surface area (Å²) < 4.78 is 5.85. The third-order valence-electron chi connectivity index (χ3n) is 6.08. The highest BCUT2D eigenvalue weighted by atomic mass is 16.5. The Morgan fingerprint density at radius 2 is 1.85 bits per heavy atom. The van der Waals surface area contributed by atoms with Gasteiger partial charge in [-0.1, -0.05) is 0 Å². The lowest BCUT2D eigenvalue weighted by atomic mass is 10.1. The zero-order chi connectivity index (χ0) is 23.8. The third kappa shape index (κ3) is 4.32. The third-order valence-corrected chi connectivity index (χ3v) is 6.08. The van der Waals surface area contributed by atoms with E-state index < -0.39 is 0 Å². The van der Waals surface area contributed by atoms with Gasteiger partial charge in [0.25, 0.3) is 5.56 Å². The smallest absolute Gasteiger partial charge is 0.259 e. The predicted molar refractivity (Wildman–Crippen MR) is 137 cm³/mol. The lowest BCUT2D eigenvalue weighted by Crippen LogP contribution is -2.45. The topological polar surface area (TPSA) is 109 Å². The van der Waals surface area contributed by atoms with Gasteiger partial charge in [-0.3, -0.25) is 4.79 Å². The van der Waals surface area contributed by atoms with Gasteiger partial charge in [-0.25, -0.2) is 9.97 Å². The number of hydrogen-bond acceptors (Lipinski definition) is 7. The molecule has 0 aliphatic carbocycles. The van der Waals surface area contributed by atoms with E-state index in [0.717, 1.165) is 41.0 Å². The molecular weight excluding hydrogens is 428 g/mol. The van der Waals surface area contributed by atoms with Crippen molar-refractivity contribution in [3.63, 3.8) is 0 Å². The number of pyridine rings is 3. The molecule has 4 heterocycles. The molecule has 2 atom stereocenters. The van der Waals surface area contributed by atoms with E-state index in [1.165, 1.54) is 0 Å². The number of benzene rings is 1. The van der Waals surface area contributed by atoms with Crippen LogP contribution >= 0.6 is 0 Å². The summed E-state index contributed by atoms with van der Waals surface area (Å²) in [5.74, 6) is 0.980. The van der Waals surface area contributed by atoms with Crippen molar-refractivity contribution in [2.24, 2.45) is 0 Å². The Balaban J connectivity index is 1.50. The van der Waals surface area contributed by atoms with Crippen LogP contribution in [0.15, 0.2) is 59.7 Å². The van der Waals surface area contributed by atoms with Gasteiger partial charge < -0.3 is 25.7 Å². The first-order chi connectivity index (χ1) is 16.4. The summed E-state index contributed by atoms with van der Waals surface area (Å²) in [6.45, 7) is 7.82. The van der Waals surface area contributed by atoms with Crippen LogP contribution in [-0.2, 0) is 4.74 Å². The number of hydrogen-bond donors (Lipinski definition) is 3. The van der Waals surface area contributed by atoms with Crippen molar-refractivity contribution in [3.05, 3.63) is 70.8 Å². The van der Waals surface area contributed by atoms with E-state index in [1.807, 2.05) is 37.3 Å². The van der Waals surface area contributed by atoms with E-state index in [0.29, 0.717) is 22.7 Å². The van der Waals surface area contributed by atoms with Gasteiger partial charge in [0, 0.05) is 42.4 Å². The van der Waals surface area contributed by atoms with E-state index in [1.54, 1.807) is 12.4 Å². The second kappa shape index (κ2) is 8.79. The Morgan fingerprint density at radius 1 is 1.12 bits per heavy atom. The molecule has 174 valence electrons. The number of aryl methyl sites for hydroxylation is 1. The lowest BCUT2D eigenvalue weighted by molar-refractivity contribution is -0.00521. The molecule has 4 aromatic rings. The van der Waals surface area contributed by atoms with Gasteiger partial charge in [0.2, 0.25) is 0 Å². The van der Waals surface area contributed by atoms with Crippen LogP contribution in [0, 0.1) is 6.92 Å². The number of nitrogens with two attached hydrogens (primary N) is 1. The number of ether oxygens (including phenoxy) is 1. The second-order valence-electron chi connectivity index (χ2n) is 8.89. The number of nitrogens with zero attached hydrogens (tertiary/aromatic N) is 3. The van der Waals surface area contributed by atoms with Crippen molar-refractivity contribution in [1.82, 2.24) is 15.0 Å². The maximum Gasteiger partial charge on any atom is 0.259 e. The number of morpholine rings is 1. The van der Waals surface area contributed by atoms with Gasteiger partial charge in [-0.15, -0.1) is 0 Å². The number of fused-ring (bicyclic) bond motifs is 1. The van der Waals surface area contributed by atoms with E-state index in [-0.39, 0.29) is 17.8 Å². The Morgan fingerprint density at radius 3 is 2.56 bits per heavy atom. The molecular formula is C26H28N6O2. The fourth-order valence-corrected chi connectivity index (χ4v) is 4.46. The van der Waals surface area contributed by atoms with Gasteiger partial charge in [-0.05, 0) is 74.2 Å². The average Bonchev–Trinajstić information content (AvgIpc) is 2.80. The Labute approximate surface area is 197 Å². The zero-order valence-electron chi connectivity index (χ0n) is 19.5. The molecule has 0 saturated carbocycles. The van der Waals surface area contributed by atoms with Gasteiger partial charge in [0.05, 0.1) is 23.3 Å². The second-order valence-corrected chi connectivity index (χ2v) is 8.89. The predicted octanol–water partition coefficient (Wildman–Crippen LogP) is 4.23. The molecule has 1 fully saturated rings. The molecule has 1 aliphatic rings. The van der Waals surface area contributed by atoms with Crippen molar-refractivity contribution in [1.29, 1.82) is 0 Å². The van der Waals surface area contributed by atoms with Gasteiger partial charge in [-0.2, -0.15) is 0 Å². The van der Waals surface area contributed by atoms with E-state index in [2.05, 4.69) is 46.2 Å². The molecule has 0 amide bonds. The maximum atomic E-state index is 12.7. The molecule has 0 unspecified atom stereocenters. The fourth-order valence-electron chi connectivity index (χ4n) is 4.46. The summed E-state index contributed by atoms with van der Waals surface area (Å²) in [6.07, 6.45) is 3.73. The first-order valence-corrected chi connectivity index (χ1v) is 11.4.